The molecule has 1 fully saturated rings. The van der Waals surface area contributed by atoms with Gasteiger partial charge in [0.25, 0.3) is 0 Å². The summed E-state index contributed by atoms with van der Waals surface area (Å²) in [5.41, 5.74) is 2.31. The summed E-state index contributed by atoms with van der Waals surface area (Å²) in [6.07, 6.45) is 2.12. The van der Waals surface area contributed by atoms with E-state index in [0.717, 1.165) is 25.4 Å². The van der Waals surface area contributed by atoms with E-state index in [4.69, 9.17) is 9.47 Å². The molecule has 2 heterocycles. The normalized spacial score (nSPS) is 20.4. The van der Waals surface area contributed by atoms with Crippen LogP contribution < -0.4 is 4.90 Å². The van der Waals surface area contributed by atoms with Gasteiger partial charge >= 0.3 is 0 Å². The Morgan fingerprint density at radius 1 is 1.50 bits per heavy atom. The van der Waals surface area contributed by atoms with Crippen molar-refractivity contribution in [3.8, 4) is 0 Å². The Morgan fingerprint density at radius 3 is 2.94 bits per heavy atom. The number of pyridine rings is 1. The predicted molar refractivity (Wildman–Crippen MR) is 72.2 cm³/mol. The van der Waals surface area contributed by atoms with Gasteiger partial charge < -0.3 is 14.4 Å². The average molecular weight is 250 g/mol. The number of anilines is 1. The fraction of sp³-hybridized carbons (Fsp3) is 0.643. The maximum Gasteiger partial charge on any atom is 0.0983 e. The Hall–Kier alpha value is -1.13. The number of hydrogen-bond acceptors (Lipinski definition) is 4. The molecule has 1 aliphatic rings. The van der Waals surface area contributed by atoms with E-state index in [1.165, 1.54) is 5.69 Å². The van der Waals surface area contributed by atoms with Crippen molar-refractivity contribution in [2.75, 3.05) is 38.3 Å². The molecule has 4 nitrogen and oxygen atoms in total. The van der Waals surface area contributed by atoms with E-state index in [2.05, 4.69) is 35.9 Å². The maximum absolute atomic E-state index is 5.64. The molecule has 0 bridgehead atoms. The molecule has 1 aromatic rings. The largest absolute Gasteiger partial charge is 0.382 e. The minimum absolute atomic E-state index is 0.161. The zero-order valence-electron chi connectivity index (χ0n) is 11.4. The number of ether oxygens (including phenoxy) is 2. The van der Waals surface area contributed by atoms with Gasteiger partial charge in [-0.05, 0) is 18.1 Å². The average Bonchev–Trinajstić information content (AvgIpc) is 2.39. The van der Waals surface area contributed by atoms with E-state index in [9.17, 15) is 0 Å². The first-order valence-electron chi connectivity index (χ1n) is 6.52. The van der Waals surface area contributed by atoms with Crippen molar-refractivity contribution in [1.82, 2.24) is 4.98 Å². The Bertz CT molecular complexity index is 363. The molecule has 0 radical (unpaired) electrons. The van der Waals surface area contributed by atoms with Crippen LogP contribution in [0, 0.1) is 0 Å². The zero-order chi connectivity index (χ0) is 13.0. The third-order valence-electron chi connectivity index (χ3n) is 3.22. The fourth-order valence-corrected chi connectivity index (χ4v) is 2.17. The van der Waals surface area contributed by atoms with Crippen molar-refractivity contribution in [2.45, 2.75) is 25.9 Å². The van der Waals surface area contributed by atoms with E-state index in [0.29, 0.717) is 12.5 Å². The van der Waals surface area contributed by atoms with Gasteiger partial charge in [-0.1, -0.05) is 13.8 Å². The van der Waals surface area contributed by atoms with Gasteiger partial charge in [0, 0.05) is 25.9 Å². The first kappa shape index (κ1) is 13.3. The monoisotopic (exact) mass is 250 g/mol. The molecule has 0 saturated carbocycles. The molecular weight excluding hydrogens is 228 g/mol. The van der Waals surface area contributed by atoms with E-state index < -0.39 is 0 Å². The lowest BCUT2D eigenvalue weighted by atomic mass is 10.1. The number of hydrogen-bond donors (Lipinski definition) is 0. The van der Waals surface area contributed by atoms with Crippen LogP contribution in [0.4, 0.5) is 5.69 Å². The quantitative estimate of drug-likeness (QED) is 0.819. The third kappa shape index (κ3) is 3.21. The SMILES string of the molecule is COC[C@@H]1CN(c2ccc(C(C)C)nc2)CCO1. The van der Waals surface area contributed by atoms with Crippen LogP contribution in [0.5, 0.6) is 0 Å². The minimum Gasteiger partial charge on any atom is -0.382 e. The van der Waals surface area contributed by atoms with Crippen molar-refractivity contribution in [3.63, 3.8) is 0 Å². The highest BCUT2D eigenvalue weighted by molar-refractivity contribution is 5.45. The van der Waals surface area contributed by atoms with Gasteiger partial charge in [-0.25, -0.2) is 0 Å². The summed E-state index contributed by atoms with van der Waals surface area (Å²) >= 11 is 0. The van der Waals surface area contributed by atoms with Crippen LogP contribution in [0.1, 0.15) is 25.5 Å². The Balaban J connectivity index is 2.02. The van der Waals surface area contributed by atoms with Crippen LogP contribution in [-0.2, 0) is 9.47 Å². The molecule has 1 saturated heterocycles. The summed E-state index contributed by atoms with van der Waals surface area (Å²) in [5.74, 6) is 0.477. The lowest BCUT2D eigenvalue weighted by Crippen LogP contribution is -2.44. The molecule has 4 heteroatoms. The maximum atomic E-state index is 5.64. The standard InChI is InChI=1S/C14H22N2O2/c1-11(2)14-5-4-12(8-15-14)16-6-7-18-13(9-16)10-17-3/h4-5,8,11,13H,6-7,9-10H2,1-3H3/t13-/m0/s1. The van der Waals surface area contributed by atoms with Gasteiger partial charge in [0.2, 0.25) is 0 Å². The van der Waals surface area contributed by atoms with Gasteiger partial charge in [-0.3, -0.25) is 4.98 Å². The van der Waals surface area contributed by atoms with Crippen molar-refractivity contribution < 1.29 is 9.47 Å². The first-order valence-corrected chi connectivity index (χ1v) is 6.52. The van der Waals surface area contributed by atoms with Crippen LogP contribution >= 0.6 is 0 Å². The van der Waals surface area contributed by atoms with E-state index in [1.54, 1.807) is 7.11 Å². The van der Waals surface area contributed by atoms with Crippen molar-refractivity contribution in [3.05, 3.63) is 24.0 Å². The van der Waals surface area contributed by atoms with Crippen molar-refractivity contribution in [2.24, 2.45) is 0 Å². The van der Waals surface area contributed by atoms with Gasteiger partial charge in [0.05, 0.1) is 31.2 Å². The Kier molecular flexibility index (Phi) is 4.55. The minimum atomic E-state index is 0.161. The number of methoxy groups -OCH3 is 1. The van der Waals surface area contributed by atoms with Crippen LogP contribution in [0.25, 0.3) is 0 Å². The van der Waals surface area contributed by atoms with Crippen LogP contribution in [0.15, 0.2) is 18.3 Å². The number of rotatable bonds is 4. The fourth-order valence-electron chi connectivity index (χ4n) is 2.17. The molecule has 0 aromatic carbocycles. The van der Waals surface area contributed by atoms with E-state index in [-0.39, 0.29) is 6.10 Å². The van der Waals surface area contributed by atoms with E-state index >= 15 is 0 Å². The molecule has 0 amide bonds. The van der Waals surface area contributed by atoms with Crippen LogP contribution in [0.2, 0.25) is 0 Å². The topological polar surface area (TPSA) is 34.6 Å². The molecule has 0 unspecified atom stereocenters. The molecule has 100 valence electrons. The summed E-state index contributed by atoms with van der Waals surface area (Å²) in [4.78, 5) is 6.82. The van der Waals surface area contributed by atoms with Crippen molar-refractivity contribution >= 4 is 5.69 Å². The molecule has 2 rings (SSSR count). The smallest absolute Gasteiger partial charge is 0.0983 e. The third-order valence-corrected chi connectivity index (χ3v) is 3.22. The predicted octanol–water partition coefficient (Wildman–Crippen LogP) is 2.06. The second-order valence-electron chi connectivity index (χ2n) is 4.99. The molecule has 18 heavy (non-hydrogen) atoms. The van der Waals surface area contributed by atoms with Gasteiger partial charge in [0.15, 0.2) is 0 Å². The molecule has 1 aliphatic heterocycles. The summed E-state index contributed by atoms with van der Waals surface area (Å²) in [7, 11) is 1.71. The Labute approximate surface area is 109 Å². The van der Waals surface area contributed by atoms with Gasteiger partial charge in [-0.2, -0.15) is 0 Å². The number of aromatic nitrogens is 1. The van der Waals surface area contributed by atoms with Crippen molar-refractivity contribution in [1.29, 1.82) is 0 Å². The van der Waals surface area contributed by atoms with Crippen LogP contribution in [-0.4, -0.2) is 44.5 Å². The Morgan fingerprint density at radius 2 is 2.33 bits per heavy atom. The lowest BCUT2D eigenvalue weighted by Gasteiger charge is -2.34. The van der Waals surface area contributed by atoms with E-state index in [1.807, 2.05) is 6.20 Å². The highest BCUT2D eigenvalue weighted by Gasteiger charge is 2.20. The first-order chi connectivity index (χ1) is 8.70. The molecular formula is C14H22N2O2. The molecule has 1 aromatic heterocycles. The summed E-state index contributed by atoms with van der Waals surface area (Å²) in [6.45, 7) is 7.50. The summed E-state index contributed by atoms with van der Waals surface area (Å²) < 4.78 is 10.8. The molecule has 0 aliphatic carbocycles. The highest BCUT2D eigenvalue weighted by Crippen LogP contribution is 2.19. The summed E-state index contributed by atoms with van der Waals surface area (Å²) in [6, 6.07) is 4.26. The second-order valence-corrected chi connectivity index (χ2v) is 4.99. The highest BCUT2D eigenvalue weighted by atomic mass is 16.5. The van der Waals surface area contributed by atoms with Gasteiger partial charge in [-0.15, -0.1) is 0 Å². The lowest BCUT2D eigenvalue weighted by molar-refractivity contribution is -0.0100. The molecule has 0 N–H and O–H groups in total. The van der Waals surface area contributed by atoms with Gasteiger partial charge in [0.1, 0.15) is 0 Å². The zero-order valence-corrected chi connectivity index (χ0v) is 11.4. The summed E-state index contributed by atoms with van der Waals surface area (Å²) in [5, 5.41) is 0. The number of morpholine rings is 1. The molecule has 0 spiro atoms. The number of nitrogens with zero attached hydrogens (tertiary/aromatic N) is 2. The second kappa shape index (κ2) is 6.16. The molecule has 1 atom stereocenters. The van der Waals surface area contributed by atoms with Crippen LogP contribution in [0.3, 0.4) is 0 Å².